The van der Waals surface area contributed by atoms with Crippen molar-refractivity contribution in [3.05, 3.63) is 59.4 Å². The summed E-state index contributed by atoms with van der Waals surface area (Å²) in [5.74, 6) is 0.694. The Morgan fingerprint density at radius 1 is 1.14 bits per heavy atom. The number of hydrogen-bond acceptors (Lipinski definition) is 2. The van der Waals surface area contributed by atoms with Crippen LogP contribution < -0.4 is 10.1 Å². The topological polar surface area (TPSA) is 21.3 Å². The van der Waals surface area contributed by atoms with Gasteiger partial charge in [-0.2, -0.15) is 0 Å². The third-order valence-electron chi connectivity index (χ3n) is 3.53. The number of benzene rings is 2. The van der Waals surface area contributed by atoms with Gasteiger partial charge in [-0.05, 0) is 50.1 Å². The zero-order chi connectivity index (χ0) is 15.2. The molecule has 0 aromatic heterocycles. The maximum absolute atomic E-state index is 13.9. The van der Waals surface area contributed by atoms with Gasteiger partial charge in [-0.1, -0.05) is 25.1 Å². The Hall–Kier alpha value is -2.03. The SMILES string of the molecule is CCOc1ccc(NC(CC)c2ccccc2F)c(C)c1. The summed E-state index contributed by atoms with van der Waals surface area (Å²) in [4.78, 5) is 0. The van der Waals surface area contributed by atoms with Crippen molar-refractivity contribution in [2.45, 2.75) is 33.2 Å². The Morgan fingerprint density at radius 3 is 2.52 bits per heavy atom. The van der Waals surface area contributed by atoms with Crippen molar-refractivity contribution in [2.75, 3.05) is 11.9 Å². The van der Waals surface area contributed by atoms with Crippen molar-refractivity contribution in [3.8, 4) is 5.75 Å². The van der Waals surface area contributed by atoms with Gasteiger partial charge in [0.25, 0.3) is 0 Å². The molecule has 2 rings (SSSR count). The summed E-state index contributed by atoms with van der Waals surface area (Å²) in [6.07, 6.45) is 0.813. The zero-order valence-electron chi connectivity index (χ0n) is 12.8. The van der Waals surface area contributed by atoms with E-state index in [1.807, 2.05) is 51.1 Å². The lowest BCUT2D eigenvalue weighted by Crippen LogP contribution is -2.12. The molecule has 1 unspecified atom stereocenters. The molecule has 0 fully saturated rings. The van der Waals surface area contributed by atoms with Crippen LogP contribution in [0.4, 0.5) is 10.1 Å². The molecular formula is C18H22FNO. The molecule has 112 valence electrons. The maximum Gasteiger partial charge on any atom is 0.128 e. The molecule has 0 amide bonds. The van der Waals surface area contributed by atoms with Crippen LogP contribution in [-0.2, 0) is 0 Å². The van der Waals surface area contributed by atoms with Crippen molar-refractivity contribution >= 4 is 5.69 Å². The largest absolute Gasteiger partial charge is 0.494 e. The molecule has 2 aromatic rings. The average molecular weight is 287 g/mol. The molecule has 0 aliphatic rings. The molecule has 0 bridgehead atoms. The van der Waals surface area contributed by atoms with Crippen LogP contribution in [0.1, 0.15) is 37.4 Å². The normalized spacial score (nSPS) is 12.0. The number of rotatable bonds is 6. The predicted molar refractivity (Wildman–Crippen MR) is 85.4 cm³/mol. The van der Waals surface area contributed by atoms with Crippen LogP contribution in [-0.4, -0.2) is 6.61 Å². The van der Waals surface area contributed by atoms with E-state index in [2.05, 4.69) is 5.32 Å². The highest BCUT2D eigenvalue weighted by Gasteiger charge is 2.14. The first-order chi connectivity index (χ1) is 10.2. The van der Waals surface area contributed by atoms with Crippen molar-refractivity contribution in [2.24, 2.45) is 0 Å². The summed E-state index contributed by atoms with van der Waals surface area (Å²) >= 11 is 0. The minimum absolute atomic E-state index is 0.0390. The molecule has 0 aliphatic heterocycles. The molecule has 1 N–H and O–H groups in total. The minimum Gasteiger partial charge on any atom is -0.494 e. The average Bonchev–Trinajstić information content (AvgIpc) is 2.48. The van der Waals surface area contributed by atoms with Crippen molar-refractivity contribution < 1.29 is 9.13 Å². The van der Waals surface area contributed by atoms with E-state index in [1.54, 1.807) is 6.07 Å². The summed E-state index contributed by atoms with van der Waals surface area (Å²) in [6.45, 7) is 6.69. The molecule has 1 atom stereocenters. The van der Waals surface area contributed by atoms with E-state index >= 15 is 0 Å². The van der Waals surface area contributed by atoms with Crippen molar-refractivity contribution in [1.29, 1.82) is 0 Å². The molecule has 2 nitrogen and oxygen atoms in total. The third kappa shape index (κ3) is 3.75. The van der Waals surface area contributed by atoms with Gasteiger partial charge in [0.2, 0.25) is 0 Å². The number of hydrogen-bond donors (Lipinski definition) is 1. The number of aryl methyl sites for hydroxylation is 1. The highest BCUT2D eigenvalue weighted by Crippen LogP contribution is 2.28. The van der Waals surface area contributed by atoms with E-state index < -0.39 is 0 Å². The molecule has 0 heterocycles. The molecule has 0 aliphatic carbocycles. The van der Waals surface area contributed by atoms with Gasteiger partial charge in [0.1, 0.15) is 11.6 Å². The quantitative estimate of drug-likeness (QED) is 0.798. The standard InChI is InChI=1S/C18H22FNO/c1-4-17(15-8-6-7-9-16(15)19)20-18-11-10-14(21-5-2)12-13(18)3/h6-12,17,20H,4-5H2,1-3H3. The minimum atomic E-state index is -0.166. The van der Waals surface area contributed by atoms with Crippen molar-refractivity contribution in [1.82, 2.24) is 0 Å². The lowest BCUT2D eigenvalue weighted by molar-refractivity contribution is 0.340. The van der Waals surface area contributed by atoms with E-state index in [1.165, 1.54) is 6.07 Å². The van der Waals surface area contributed by atoms with Gasteiger partial charge in [0.05, 0.1) is 12.6 Å². The Bertz CT molecular complexity index is 598. The Kier molecular flexibility index (Phi) is 5.20. The number of anilines is 1. The molecular weight excluding hydrogens is 265 g/mol. The molecule has 2 aromatic carbocycles. The molecule has 0 saturated carbocycles. The molecule has 21 heavy (non-hydrogen) atoms. The lowest BCUT2D eigenvalue weighted by atomic mass is 10.0. The summed E-state index contributed by atoms with van der Waals surface area (Å²) < 4.78 is 19.4. The molecule has 0 saturated heterocycles. The maximum atomic E-state index is 13.9. The van der Waals surface area contributed by atoms with Gasteiger partial charge >= 0.3 is 0 Å². The first kappa shape index (κ1) is 15.4. The van der Waals surface area contributed by atoms with Gasteiger partial charge < -0.3 is 10.1 Å². The summed E-state index contributed by atoms with van der Waals surface area (Å²) in [6, 6.07) is 12.8. The first-order valence-electron chi connectivity index (χ1n) is 7.40. The summed E-state index contributed by atoms with van der Waals surface area (Å²) in [7, 11) is 0. The second kappa shape index (κ2) is 7.11. The number of halogens is 1. The summed E-state index contributed by atoms with van der Waals surface area (Å²) in [5, 5.41) is 3.43. The Balaban J connectivity index is 2.21. The van der Waals surface area contributed by atoms with Crippen LogP contribution in [0.25, 0.3) is 0 Å². The van der Waals surface area contributed by atoms with Crippen LogP contribution in [0.2, 0.25) is 0 Å². The van der Waals surface area contributed by atoms with Gasteiger partial charge in [0, 0.05) is 11.3 Å². The van der Waals surface area contributed by atoms with Crippen LogP contribution in [0, 0.1) is 12.7 Å². The second-order valence-electron chi connectivity index (χ2n) is 5.04. The Labute approximate surface area is 126 Å². The first-order valence-corrected chi connectivity index (χ1v) is 7.40. The fourth-order valence-corrected chi connectivity index (χ4v) is 2.40. The van der Waals surface area contributed by atoms with Gasteiger partial charge in [-0.3, -0.25) is 0 Å². The van der Waals surface area contributed by atoms with Gasteiger partial charge in [-0.15, -0.1) is 0 Å². The van der Waals surface area contributed by atoms with Gasteiger partial charge in [-0.25, -0.2) is 4.39 Å². The number of nitrogens with one attached hydrogen (secondary N) is 1. The lowest BCUT2D eigenvalue weighted by Gasteiger charge is -2.21. The zero-order valence-corrected chi connectivity index (χ0v) is 12.8. The van der Waals surface area contributed by atoms with Gasteiger partial charge in [0.15, 0.2) is 0 Å². The highest BCUT2D eigenvalue weighted by atomic mass is 19.1. The monoisotopic (exact) mass is 287 g/mol. The van der Waals surface area contributed by atoms with E-state index in [9.17, 15) is 4.39 Å². The van der Waals surface area contributed by atoms with Crippen LogP contribution in [0.5, 0.6) is 5.75 Å². The smallest absolute Gasteiger partial charge is 0.128 e. The van der Waals surface area contributed by atoms with Crippen molar-refractivity contribution in [3.63, 3.8) is 0 Å². The fraction of sp³-hybridized carbons (Fsp3) is 0.333. The van der Waals surface area contributed by atoms with Crippen LogP contribution >= 0.6 is 0 Å². The number of ether oxygens (including phenoxy) is 1. The van der Waals surface area contributed by atoms with E-state index in [0.717, 1.165) is 23.4 Å². The third-order valence-corrected chi connectivity index (χ3v) is 3.53. The molecule has 0 radical (unpaired) electrons. The van der Waals surface area contributed by atoms with Crippen LogP contribution in [0.3, 0.4) is 0 Å². The second-order valence-corrected chi connectivity index (χ2v) is 5.04. The summed E-state index contributed by atoms with van der Waals surface area (Å²) in [5.41, 5.74) is 2.80. The van der Waals surface area contributed by atoms with E-state index in [0.29, 0.717) is 12.2 Å². The van der Waals surface area contributed by atoms with E-state index in [4.69, 9.17) is 4.74 Å². The molecule has 0 spiro atoms. The Morgan fingerprint density at radius 2 is 1.90 bits per heavy atom. The fourth-order valence-electron chi connectivity index (χ4n) is 2.40. The predicted octanol–water partition coefficient (Wildman–Crippen LogP) is 5.10. The molecule has 3 heteroatoms. The van der Waals surface area contributed by atoms with Crippen LogP contribution in [0.15, 0.2) is 42.5 Å². The van der Waals surface area contributed by atoms with E-state index in [-0.39, 0.29) is 11.9 Å². The highest BCUT2D eigenvalue weighted by molar-refractivity contribution is 5.55.